The molecule has 0 aromatic carbocycles. The molecule has 0 aromatic heterocycles. The summed E-state index contributed by atoms with van der Waals surface area (Å²) in [6, 6.07) is 0.214. The highest BCUT2D eigenvalue weighted by Crippen LogP contribution is 2.32. The van der Waals surface area contributed by atoms with Crippen molar-refractivity contribution in [2.45, 2.75) is 68.6 Å². The molecule has 0 aromatic rings. The summed E-state index contributed by atoms with van der Waals surface area (Å²) in [5.41, 5.74) is 0. The lowest BCUT2D eigenvalue weighted by Gasteiger charge is -2.19. The molecular weight excluding hydrogens is 280 g/mol. The predicted octanol–water partition coefficient (Wildman–Crippen LogP) is 4.61. The van der Waals surface area contributed by atoms with Crippen LogP contribution >= 0.6 is 34.8 Å². The van der Waals surface area contributed by atoms with Crippen LogP contribution in [-0.4, -0.2) is 15.7 Å². The lowest BCUT2D eigenvalue weighted by molar-refractivity contribution is -0.119. The van der Waals surface area contributed by atoms with Crippen LogP contribution in [0.1, 0.15) is 58.8 Å². The van der Waals surface area contributed by atoms with Crippen LogP contribution in [-0.2, 0) is 4.79 Å². The quantitative estimate of drug-likeness (QED) is 0.515. The fourth-order valence-corrected chi connectivity index (χ4v) is 2.17. The molecule has 1 atom stereocenters. The number of amides is 1. The molecule has 1 unspecified atom stereocenters. The second-order valence-electron chi connectivity index (χ2n) is 4.40. The van der Waals surface area contributed by atoms with Gasteiger partial charge in [0.25, 0.3) is 0 Å². The van der Waals surface area contributed by atoms with Crippen LogP contribution < -0.4 is 5.32 Å². The lowest BCUT2D eigenvalue weighted by atomic mass is 10.0. The van der Waals surface area contributed by atoms with Crippen molar-refractivity contribution in [1.29, 1.82) is 0 Å². The summed E-state index contributed by atoms with van der Waals surface area (Å²) in [5.74, 6) is 0.0142. The van der Waals surface area contributed by atoms with Gasteiger partial charge in [0.1, 0.15) is 0 Å². The zero-order valence-electron chi connectivity index (χ0n) is 10.6. The molecule has 5 heteroatoms. The molecule has 0 saturated carbocycles. The Hall–Kier alpha value is 0.340. The van der Waals surface area contributed by atoms with E-state index >= 15 is 0 Å². The molecule has 0 fully saturated rings. The Morgan fingerprint density at radius 3 is 2.24 bits per heavy atom. The van der Waals surface area contributed by atoms with E-state index in [1.54, 1.807) is 6.92 Å². The minimum absolute atomic E-state index is 0.0142. The van der Waals surface area contributed by atoms with Crippen molar-refractivity contribution in [3.8, 4) is 0 Å². The van der Waals surface area contributed by atoms with Crippen molar-refractivity contribution < 1.29 is 4.79 Å². The minimum atomic E-state index is -1.18. The minimum Gasteiger partial charge on any atom is -0.354 e. The highest BCUT2D eigenvalue weighted by molar-refractivity contribution is 6.67. The van der Waals surface area contributed by atoms with Crippen LogP contribution in [0.15, 0.2) is 0 Å². The fourth-order valence-electron chi connectivity index (χ4n) is 1.77. The maximum absolute atomic E-state index is 11.1. The Kier molecular flexibility index (Phi) is 9.48. The molecule has 0 aliphatic carbocycles. The fraction of sp³-hybridized carbons (Fsp3) is 0.917. The van der Waals surface area contributed by atoms with Crippen molar-refractivity contribution in [2.24, 2.45) is 0 Å². The highest BCUT2D eigenvalue weighted by Gasteiger charge is 2.20. The molecule has 0 rings (SSSR count). The van der Waals surface area contributed by atoms with E-state index in [0.29, 0.717) is 6.42 Å². The smallest absolute Gasteiger partial charge is 0.217 e. The van der Waals surface area contributed by atoms with Gasteiger partial charge in [-0.2, -0.15) is 0 Å². The van der Waals surface area contributed by atoms with Crippen molar-refractivity contribution in [1.82, 2.24) is 5.32 Å². The van der Waals surface area contributed by atoms with Gasteiger partial charge in [-0.15, -0.1) is 0 Å². The summed E-state index contributed by atoms with van der Waals surface area (Å²) in [7, 11) is 0. The third kappa shape index (κ3) is 12.6. The Balaban J connectivity index is 3.88. The number of carbonyl (C=O) groups excluding carboxylic acids is 1. The van der Waals surface area contributed by atoms with E-state index < -0.39 is 3.79 Å². The summed E-state index contributed by atoms with van der Waals surface area (Å²) in [6.45, 7) is 3.71. The normalized spacial score (nSPS) is 13.5. The number of nitrogens with one attached hydrogen (secondary N) is 1. The van der Waals surface area contributed by atoms with E-state index in [4.69, 9.17) is 34.8 Å². The van der Waals surface area contributed by atoms with Gasteiger partial charge in [0.2, 0.25) is 5.91 Å². The van der Waals surface area contributed by atoms with Gasteiger partial charge in [-0.3, -0.25) is 4.79 Å². The molecule has 1 N–H and O–H groups in total. The summed E-state index contributed by atoms with van der Waals surface area (Å²) in [5, 5.41) is 2.96. The Bertz CT molecular complexity index is 216. The van der Waals surface area contributed by atoms with E-state index in [1.165, 1.54) is 12.8 Å². The molecular formula is C12H22Cl3NO. The van der Waals surface area contributed by atoms with E-state index in [0.717, 1.165) is 25.7 Å². The van der Waals surface area contributed by atoms with Crippen molar-refractivity contribution in [2.75, 3.05) is 0 Å². The van der Waals surface area contributed by atoms with Gasteiger partial charge in [0.05, 0.1) is 0 Å². The van der Waals surface area contributed by atoms with E-state index in [-0.39, 0.29) is 11.9 Å². The van der Waals surface area contributed by atoms with E-state index in [2.05, 4.69) is 12.2 Å². The van der Waals surface area contributed by atoms with Crippen molar-refractivity contribution in [3.63, 3.8) is 0 Å². The number of halogens is 3. The summed E-state index contributed by atoms with van der Waals surface area (Å²) in [6.07, 6.45) is 6.73. The lowest BCUT2D eigenvalue weighted by Crippen LogP contribution is -2.33. The topological polar surface area (TPSA) is 29.1 Å². The van der Waals surface area contributed by atoms with Gasteiger partial charge < -0.3 is 5.32 Å². The summed E-state index contributed by atoms with van der Waals surface area (Å²) < 4.78 is -1.18. The summed E-state index contributed by atoms with van der Waals surface area (Å²) >= 11 is 17.1. The zero-order valence-corrected chi connectivity index (χ0v) is 12.8. The molecule has 0 heterocycles. The molecule has 0 aliphatic heterocycles. The van der Waals surface area contributed by atoms with Crippen molar-refractivity contribution in [3.05, 3.63) is 0 Å². The van der Waals surface area contributed by atoms with Crippen molar-refractivity contribution >= 4 is 40.7 Å². The molecule has 2 nitrogen and oxygen atoms in total. The first-order chi connectivity index (χ1) is 7.85. The number of unbranched alkanes of at least 4 members (excludes halogenated alkanes) is 2. The van der Waals surface area contributed by atoms with E-state index in [9.17, 15) is 4.79 Å². The third-order valence-electron chi connectivity index (χ3n) is 2.58. The monoisotopic (exact) mass is 301 g/mol. The van der Waals surface area contributed by atoms with Gasteiger partial charge in [0.15, 0.2) is 3.79 Å². The second kappa shape index (κ2) is 9.29. The number of carbonyl (C=O) groups is 1. The molecule has 0 bridgehead atoms. The van der Waals surface area contributed by atoms with Gasteiger partial charge in [-0.05, 0) is 25.7 Å². The molecule has 0 aliphatic rings. The van der Waals surface area contributed by atoms with Gasteiger partial charge in [-0.25, -0.2) is 0 Å². The zero-order chi connectivity index (χ0) is 13.3. The standard InChI is InChI=1S/C12H22Cl3NO/c1-3-4-5-7-11(16-10(2)17)8-6-9-12(13,14)15/h11H,3-9H2,1-2H3,(H,16,17). The Morgan fingerprint density at radius 1 is 1.18 bits per heavy atom. The average Bonchev–Trinajstić information content (AvgIpc) is 2.14. The number of alkyl halides is 3. The van der Waals surface area contributed by atoms with Crippen LogP contribution in [0.2, 0.25) is 0 Å². The predicted molar refractivity (Wildman–Crippen MR) is 75.9 cm³/mol. The van der Waals surface area contributed by atoms with Crippen LogP contribution in [0, 0.1) is 0 Å². The molecule has 1 amide bonds. The average molecular weight is 303 g/mol. The highest BCUT2D eigenvalue weighted by atomic mass is 35.6. The number of hydrogen-bond donors (Lipinski definition) is 1. The van der Waals surface area contributed by atoms with Crippen LogP contribution in [0.3, 0.4) is 0 Å². The van der Waals surface area contributed by atoms with Crippen LogP contribution in [0.25, 0.3) is 0 Å². The molecule has 0 saturated heterocycles. The summed E-state index contributed by atoms with van der Waals surface area (Å²) in [4.78, 5) is 11.1. The largest absolute Gasteiger partial charge is 0.354 e. The third-order valence-corrected chi connectivity index (χ3v) is 3.14. The maximum Gasteiger partial charge on any atom is 0.217 e. The SMILES string of the molecule is CCCCCC(CCCC(Cl)(Cl)Cl)NC(C)=O. The molecule has 0 spiro atoms. The van der Waals surface area contributed by atoms with Gasteiger partial charge in [0, 0.05) is 13.0 Å². The van der Waals surface area contributed by atoms with Gasteiger partial charge in [-0.1, -0.05) is 61.0 Å². The molecule has 0 radical (unpaired) electrons. The second-order valence-corrected chi connectivity index (χ2v) is 6.92. The number of rotatable bonds is 8. The van der Waals surface area contributed by atoms with Gasteiger partial charge >= 0.3 is 0 Å². The number of hydrogen-bond acceptors (Lipinski definition) is 1. The molecule has 102 valence electrons. The van der Waals surface area contributed by atoms with Crippen LogP contribution in [0.5, 0.6) is 0 Å². The maximum atomic E-state index is 11.1. The first-order valence-corrected chi connectivity index (χ1v) is 7.32. The first-order valence-electron chi connectivity index (χ1n) is 6.19. The Labute approximate surface area is 119 Å². The van der Waals surface area contributed by atoms with E-state index in [1.807, 2.05) is 0 Å². The first kappa shape index (κ1) is 17.3. The van der Waals surface area contributed by atoms with Crippen LogP contribution in [0.4, 0.5) is 0 Å². The molecule has 17 heavy (non-hydrogen) atoms. The Morgan fingerprint density at radius 2 is 1.76 bits per heavy atom.